The molecule has 1 aromatic carbocycles. The summed E-state index contributed by atoms with van der Waals surface area (Å²) in [5.41, 5.74) is 2.26. The Kier molecular flexibility index (Phi) is 4.39. The first-order valence-electron chi connectivity index (χ1n) is 6.90. The van der Waals surface area contributed by atoms with Crippen molar-refractivity contribution in [3.05, 3.63) is 35.7 Å². The van der Waals surface area contributed by atoms with Gasteiger partial charge in [0.1, 0.15) is 0 Å². The molecule has 108 valence electrons. The molecular formula is C15H22N4O. The maximum Gasteiger partial charge on any atom is 0.320 e. The van der Waals surface area contributed by atoms with Crippen molar-refractivity contribution in [2.45, 2.75) is 46.2 Å². The van der Waals surface area contributed by atoms with Crippen LogP contribution in [0, 0.1) is 0 Å². The zero-order chi connectivity index (χ0) is 14.6. The van der Waals surface area contributed by atoms with E-state index in [9.17, 15) is 0 Å². The first-order chi connectivity index (χ1) is 9.48. The number of nitrogens with one attached hydrogen (secondary N) is 2. The Hall–Kier alpha value is -1.88. The largest absolute Gasteiger partial charge is 0.406 e. The SMILES string of the molecule is CCc1ccccc1Nc1nnc(CNC(C)(C)C)o1. The van der Waals surface area contributed by atoms with E-state index in [2.05, 4.69) is 54.6 Å². The fourth-order valence-electron chi connectivity index (χ4n) is 1.78. The predicted octanol–water partition coefficient (Wildman–Crippen LogP) is 3.26. The highest BCUT2D eigenvalue weighted by atomic mass is 16.4. The van der Waals surface area contributed by atoms with Crippen molar-refractivity contribution in [2.75, 3.05) is 5.32 Å². The maximum absolute atomic E-state index is 5.59. The van der Waals surface area contributed by atoms with Crippen LogP contribution >= 0.6 is 0 Å². The van der Waals surface area contributed by atoms with Crippen molar-refractivity contribution in [2.24, 2.45) is 0 Å². The number of anilines is 2. The molecule has 1 heterocycles. The lowest BCUT2D eigenvalue weighted by molar-refractivity contribution is 0.384. The molecule has 5 nitrogen and oxygen atoms in total. The van der Waals surface area contributed by atoms with Crippen molar-refractivity contribution in [1.82, 2.24) is 15.5 Å². The average molecular weight is 274 g/mol. The highest BCUT2D eigenvalue weighted by Crippen LogP contribution is 2.20. The van der Waals surface area contributed by atoms with E-state index >= 15 is 0 Å². The molecule has 0 aliphatic rings. The lowest BCUT2D eigenvalue weighted by atomic mass is 10.1. The average Bonchev–Trinajstić information content (AvgIpc) is 2.84. The summed E-state index contributed by atoms with van der Waals surface area (Å²) in [5.74, 6) is 0.580. The first-order valence-corrected chi connectivity index (χ1v) is 6.90. The van der Waals surface area contributed by atoms with E-state index in [1.54, 1.807) is 0 Å². The molecule has 2 aromatic rings. The van der Waals surface area contributed by atoms with Crippen LogP contribution < -0.4 is 10.6 Å². The quantitative estimate of drug-likeness (QED) is 0.876. The van der Waals surface area contributed by atoms with E-state index in [1.165, 1.54) is 5.56 Å². The summed E-state index contributed by atoms with van der Waals surface area (Å²) in [6, 6.07) is 8.53. The van der Waals surface area contributed by atoms with Crippen molar-refractivity contribution < 1.29 is 4.42 Å². The van der Waals surface area contributed by atoms with Gasteiger partial charge in [-0.05, 0) is 38.8 Å². The molecular weight excluding hydrogens is 252 g/mol. The van der Waals surface area contributed by atoms with Crippen LogP contribution in [0.4, 0.5) is 11.7 Å². The van der Waals surface area contributed by atoms with Gasteiger partial charge in [0.05, 0.1) is 6.54 Å². The van der Waals surface area contributed by atoms with Gasteiger partial charge in [0, 0.05) is 11.2 Å². The molecule has 0 aliphatic heterocycles. The van der Waals surface area contributed by atoms with Gasteiger partial charge in [0.15, 0.2) is 0 Å². The van der Waals surface area contributed by atoms with E-state index < -0.39 is 0 Å². The van der Waals surface area contributed by atoms with E-state index in [0.29, 0.717) is 18.5 Å². The van der Waals surface area contributed by atoms with Crippen LogP contribution in [0.3, 0.4) is 0 Å². The maximum atomic E-state index is 5.59. The third-order valence-electron chi connectivity index (χ3n) is 2.88. The van der Waals surface area contributed by atoms with Gasteiger partial charge >= 0.3 is 6.01 Å². The molecule has 0 aliphatic carbocycles. The molecule has 0 amide bonds. The van der Waals surface area contributed by atoms with Crippen LogP contribution in [0.2, 0.25) is 0 Å². The fraction of sp³-hybridized carbons (Fsp3) is 0.467. The number of benzene rings is 1. The first kappa shape index (κ1) is 14.5. The van der Waals surface area contributed by atoms with E-state index in [-0.39, 0.29) is 5.54 Å². The molecule has 20 heavy (non-hydrogen) atoms. The number of hydrogen-bond donors (Lipinski definition) is 2. The number of aryl methyl sites for hydroxylation is 1. The molecule has 0 radical (unpaired) electrons. The number of para-hydroxylation sites is 1. The van der Waals surface area contributed by atoms with Gasteiger partial charge in [-0.2, -0.15) is 0 Å². The topological polar surface area (TPSA) is 63.0 Å². The van der Waals surface area contributed by atoms with Gasteiger partial charge in [0.25, 0.3) is 0 Å². The third-order valence-corrected chi connectivity index (χ3v) is 2.88. The zero-order valence-corrected chi connectivity index (χ0v) is 12.5. The van der Waals surface area contributed by atoms with Gasteiger partial charge < -0.3 is 15.1 Å². The minimum Gasteiger partial charge on any atom is -0.406 e. The summed E-state index contributed by atoms with van der Waals surface area (Å²) in [4.78, 5) is 0. The molecule has 0 saturated carbocycles. The van der Waals surface area contributed by atoms with Gasteiger partial charge in [-0.1, -0.05) is 30.2 Å². The Balaban J connectivity index is 2.02. The normalized spacial score (nSPS) is 11.6. The van der Waals surface area contributed by atoms with Gasteiger partial charge in [-0.3, -0.25) is 0 Å². The Morgan fingerprint density at radius 2 is 1.90 bits per heavy atom. The standard InChI is InChI=1S/C15H22N4O/c1-5-11-8-6-7-9-12(11)17-14-19-18-13(20-14)10-16-15(2,3)4/h6-9,16H,5,10H2,1-4H3,(H,17,19). The summed E-state index contributed by atoms with van der Waals surface area (Å²) in [6.07, 6.45) is 0.954. The summed E-state index contributed by atoms with van der Waals surface area (Å²) in [7, 11) is 0. The third kappa shape index (κ3) is 4.06. The Morgan fingerprint density at radius 1 is 1.15 bits per heavy atom. The van der Waals surface area contributed by atoms with E-state index in [4.69, 9.17) is 4.42 Å². The summed E-state index contributed by atoms with van der Waals surface area (Å²) in [5, 5.41) is 14.5. The monoisotopic (exact) mass is 274 g/mol. The Bertz CT molecular complexity index is 557. The number of hydrogen-bond acceptors (Lipinski definition) is 5. The van der Waals surface area contributed by atoms with Crippen molar-refractivity contribution >= 4 is 11.7 Å². The molecule has 2 N–H and O–H groups in total. The van der Waals surface area contributed by atoms with Crippen LogP contribution in [0.5, 0.6) is 0 Å². The second-order valence-corrected chi connectivity index (χ2v) is 5.74. The second-order valence-electron chi connectivity index (χ2n) is 5.74. The minimum atomic E-state index is 0.0247. The lowest BCUT2D eigenvalue weighted by Gasteiger charge is -2.18. The van der Waals surface area contributed by atoms with Crippen molar-refractivity contribution in [1.29, 1.82) is 0 Å². The smallest absolute Gasteiger partial charge is 0.320 e. The van der Waals surface area contributed by atoms with E-state index in [0.717, 1.165) is 12.1 Å². The Morgan fingerprint density at radius 3 is 2.60 bits per heavy atom. The summed E-state index contributed by atoms with van der Waals surface area (Å²) >= 11 is 0. The molecule has 0 fully saturated rings. The molecule has 2 rings (SSSR count). The lowest BCUT2D eigenvalue weighted by Crippen LogP contribution is -2.35. The number of nitrogens with zero attached hydrogens (tertiary/aromatic N) is 2. The van der Waals surface area contributed by atoms with Crippen LogP contribution in [0.15, 0.2) is 28.7 Å². The number of rotatable bonds is 5. The molecule has 0 unspecified atom stereocenters. The molecule has 0 bridgehead atoms. The summed E-state index contributed by atoms with van der Waals surface area (Å²) in [6.45, 7) is 8.97. The fourth-order valence-corrected chi connectivity index (χ4v) is 1.78. The van der Waals surface area contributed by atoms with Crippen LogP contribution in [-0.2, 0) is 13.0 Å². The zero-order valence-electron chi connectivity index (χ0n) is 12.5. The number of aromatic nitrogens is 2. The van der Waals surface area contributed by atoms with Gasteiger partial charge in [-0.15, -0.1) is 5.10 Å². The summed E-state index contributed by atoms with van der Waals surface area (Å²) < 4.78 is 5.59. The van der Waals surface area contributed by atoms with Gasteiger partial charge in [-0.25, -0.2) is 0 Å². The van der Waals surface area contributed by atoms with Crippen molar-refractivity contribution in [3.8, 4) is 0 Å². The van der Waals surface area contributed by atoms with Crippen LogP contribution in [0.25, 0.3) is 0 Å². The van der Waals surface area contributed by atoms with E-state index in [1.807, 2.05) is 18.2 Å². The van der Waals surface area contributed by atoms with Gasteiger partial charge in [0.2, 0.25) is 5.89 Å². The molecule has 0 saturated heterocycles. The van der Waals surface area contributed by atoms with Crippen LogP contribution in [0.1, 0.15) is 39.1 Å². The predicted molar refractivity (Wildman–Crippen MR) is 80.0 cm³/mol. The second kappa shape index (κ2) is 6.05. The van der Waals surface area contributed by atoms with Crippen LogP contribution in [-0.4, -0.2) is 15.7 Å². The molecule has 1 aromatic heterocycles. The molecule has 0 atom stereocenters. The molecule has 0 spiro atoms. The van der Waals surface area contributed by atoms with Crippen molar-refractivity contribution in [3.63, 3.8) is 0 Å². The minimum absolute atomic E-state index is 0.0247. The highest BCUT2D eigenvalue weighted by Gasteiger charge is 2.12. The molecule has 5 heteroatoms. The highest BCUT2D eigenvalue weighted by molar-refractivity contribution is 5.57. The Labute approximate surface area is 119 Å².